The molecule has 2 bridgehead atoms. The van der Waals surface area contributed by atoms with Crippen LogP contribution in [0, 0.1) is 17.8 Å². The van der Waals surface area contributed by atoms with Crippen LogP contribution in [0.15, 0.2) is 48.6 Å². The summed E-state index contributed by atoms with van der Waals surface area (Å²) in [4.78, 5) is 15.7. The molecule has 1 fully saturated rings. The van der Waals surface area contributed by atoms with E-state index < -0.39 is 39.7 Å². The predicted octanol–water partition coefficient (Wildman–Crippen LogP) is 6.83. The van der Waals surface area contributed by atoms with E-state index in [2.05, 4.69) is 11.0 Å². The summed E-state index contributed by atoms with van der Waals surface area (Å²) in [6.45, 7) is 3.17. The van der Waals surface area contributed by atoms with Gasteiger partial charge in [0.15, 0.2) is 0 Å². The van der Waals surface area contributed by atoms with Gasteiger partial charge in [0.05, 0.1) is 30.1 Å². The second-order valence-corrected chi connectivity index (χ2v) is 15.8. The molecule has 1 amide bonds. The number of halogens is 4. The number of nitrogens with zero attached hydrogens (tertiary/aromatic N) is 1. The minimum atomic E-state index is -4.74. The maximum absolute atomic E-state index is 13.6. The molecule has 0 aromatic heterocycles. The summed E-state index contributed by atoms with van der Waals surface area (Å²) >= 11 is 6.38. The number of methoxy groups -OCH3 is 1. The fourth-order valence-corrected chi connectivity index (χ4v) is 9.73. The van der Waals surface area contributed by atoms with Crippen molar-refractivity contribution in [1.29, 1.82) is 0 Å². The van der Waals surface area contributed by atoms with E-state index in [0.29, 0.717) is 36.2 Å². The Labute approximate surface area is 273 Å². The highest BCUT2D eigenvalue weighted by Gasteiger charge is 2.45. The highest BCUT2D eigenvalue weighted by atomic mass is 35.5. The average molecular weight is 681 g/mol. The highest BCUT2D eigenvalue weighted by molar-refractivity contribution is 7.90. The van der Waals surface area contributed by atoms with Crippen molar-refractivity contribution in [2.24, 2.45) is 17.8 Å². The number of anilines is 1. The molecule has 46 heavy (non-hydrogen) atoms. The molecule has 2 aliphatic carbocycles. The maximum atomic E-state index is 13.6. The number of carbonyl (C=O) groups excluding carboxylic acids is 1. The number of aryl methyl sites for hydroxylation is 1. The summed E-state index contributed by atoms with van der Waals surface area (Å²) < 4.78 is 82.0. The van der Waals surface area contributed by atoms with Gasteiger partial charge in [-0.3, -0.25) is 4.79 Å². The fraction of sp³-hybridized carbons (Fsp3) is 0.559. The molecule has 250 valence electrons. The minimum absolute atomic E-state index is 0.0352. The zero-order chi connectivity index (χ0) is 32.9. The number of ether oxygens (including phenoxy) is 2. The number of carbonyl (C=O) groups is 1. The quantitative estimate of drug-likeness (QED) is 0.350. The third-order valence-corrected chi connectivity index (χ3v) is 12.6. The van der Waals surface area contributed by atoms with Crippen molar-refractivity contribution in [3.63, 3.8) is 0 Å². The number of rotatable bonds is 2. The van der Waals surface area contributed by atoms with Crippen LogP contribution in [0.2, 0.25) is 5.02 Å². The van der Waals surface area contributed by atoms with Gasteiger partial charge in [-0.1, -0.05) is 36.7 Å². The molecule has 0 radical (unpaired) electrons. The van der Waals surface area contributed by atoms with E-state index in [4.69, 9.17) is 21.1 Å². The van der Waals surface area contributed by atoms with Gasteiger partial charge < -0.3 is 14.4 Å². The molecule has 6 rings (SSSR count). The molecule has 4 aliphatic rings. The number of sulfonamides is 1. The molecule has 0 unspecified atom stereocenters. The van der Waals surface area contributed by atoms with Crippen LogP contribution < -0.4 is 14.4 Å². The molecular formula is C34H40ClF3N2O5S. The summed E-state index contributed by atoms with van der Waals surface area (Å²) in [7, 11) is -3.08. The second kappa shape index (κ2) is 12.7. The minimum Gasteiger partial charge on any atom is -0.490 e. The Kier molecular flexibility index (Phi) is 9.15. The third-order valence-electron chi connectivity index (χ3n) is 10.5. The predicted molar refractivity (Wildman–Crippen MR) is 171 cm³/mol. The van der Waals surface area contributed by atoms with Gasteiger partial charge >= 0.3 is 6.18 Å². The van der Waals surface area contributed by atoms with Crippen LogP contribution in [0.25, 0.3) is 0 Å². The standard InChI is InChI=1S/C34H40ClF3N2O5S/c1-21-5-3-7-29(44-2)26-11-8-24(26)18-40-19-33(14-4-6-22-15-25(35)10-12-27(22)33)20-45-30-13-9-23(16-28(30)40)32(41)39-46(42,43)31(21)17-34(36,37)38/h3,7,9-10,12-13,15-16,21,24,26,29,31H,4-6,8,11,14,17-20H2,1-2H3,(H,39,41)/b7-3-/t21-,24-,26+,29-,31-,33-/m0/s1. The SMILES string of the molecule is CO[C@H]1/C=C\C[C@H](C)[C@H](CC(F)(F)F)S(=O)(=O)NC(=O)c2ccc3c(c2)N(C[C@@H]2CC[C@H]21)C[C@@]1(CCCc2cc(Cl)ccc21)CO3. The van der Waals surface area contributed by atoms with E-state index in [1.165, 1.54) is 24.1 Å². The highest BCUT2D eigenvalue weighted by Crippen LogP contribution is 2.47. The van der Waals surface area contributed by atoms with Crippen LogP contribution in [0.3, 0.4) is 0 Å². The molecule has 1 spiro atoms. The lowest BCUT2D eigenvalue weighted by Gasteiger charge is -2.46. The van der Waals surface area contributed by atoms with Crippen molar-refractivity contribution in [2.45, 2.75) is 74.8 Å². The lowest BCUT2D eigenvalue weighted by Crippen LogP contribution is -2.49. The Morgan fingerprint density at radius 1 is 1.17 bits per heavy atom. The van der Waals surface area contributed by atoms with E-state index in [9.17, 15) is 26.4 Å². The zero-order valence-corrected chi connectivity index (χ0v) is 27.6. The molecule has 7 nitrogen and oxygen atoms in total. The largest absolute Gasteiger partial charge is 0.490 e. The number of alkyl halides is 3. The molecule has 2 aromatic carbocycles. The number of fused-ring (bicyclic) bond motifs is 4. The first-order valence-electron chi connectivity index (χ1n) is 15.9. The molecule has 2 heterocycles. The Bertz CT molecular complexity index is 1620. The molecule has 2 aromatic rings. The zero-order valence-electron chi connectivity index (χ0n) is 26.0. The van der Waals surface area contributed by atoms with Crippen molar-refractivity contribution in [3.8, 4) is 5.75 Å². The summed E-state index contributed by atoms with van der Waals surface area (Å²) in [5.41, 5.74) is 2.74. The first-order chi connectivity index (χ1) is 21.8. The second-order valence-electron chi connectivity index (χ2n) is 13.5. The lowest BCUT2D eigenvalue weighted by molar-refractivity contribution is -0.136. The topological polar surface area (TPSA) is 84.9 Å². The van der Waals surface area contributed by atoms with Gasteiger partial charge in [-0.15, -0.1) is 0 Å². The number of benzene rings is 2. The molecule has 2 aliphatic heterocycles. The Morgan fingerprint density at radius 2 is 1.98 bits per heavy atom. The molecular weight excluding hydrogens is 641 g/mol. The monoisotopic (exact) mass is 680 g/mol. The summed E-state index contributed by atoms with van der Waals surface area (Å²) in [5.74, 6) is -0.881. The molecule has 1 saturated carbocycles. The van der Waals surface area contributed by atoms with Crippen molar-refractivity contribution >= 4 is 33.2 Å². The van der Waals surface area contributed by atoms with E-state index >= 15 is 0 Å². The normalized spacial score (nSPS) is 31.8. The van der Waals surface area contributed by atoms with E-state index in [-0.39, 0.29) is 35.3 Å². The molecule has 12 heteroatoms. The molecule has 6 atom stereocenters. The van der Waals surface area contributed by atoms with E-state index in [1.807, 2.05) is 22.9 Å². The molecule has 0 saturated heterocycles. The number of hydrogen-bond donors (Lipinski definition) is 1. The van der Waals surface area contributed by atoms with Crippen molar-refractivity contribution < 1.29 is 35.9 Å². The number of allylic oxidation sites excluding steroid dienone is 1. The van der Waals surface area contributed by atoms with Gasteiger partial charge in [-0.2, -0.15) is 13.2 Å². The van der Waals surface area contributed by atoms with Crippen molar-refractivity contribution in [2.75, 3.05) is 31.7 Å². The Morgan fingerprint density at radius 3 is 2.70 bits per heavy atom. The summed E-state index contributed by atoms with van der Waals surface area (Å²) in [6, 6.07) is 10.8. The van der Waals surface area contributed by atoms with Crippen LogP contribution in [-0.4, -0.2) is 58.7 Å². The fourth-order valence-electron chi connectivity index (χ4n) is 7.88. The van der Waals surface area contributed by atoms with Gasteiger partial charge in [0.2, 0.25) is 10.0 Å². The van der Waals surface area contributed by atoms with Gasteiger partial charge in [0, 0.05) is 36.2 Å². The van der Waals surface area contributed by atoms with Gasteiger partial charge in [-0.25, -0.2) is 13.1 Å². The van der Waals surface area contributed by atoms with Crippen molar-refractivity contribution in [1.82, 2.24) is 4.72 Å². The number of hydrogen-bond acceptors (Lipinski definition) is 6. The van der Waals surface area contributed by atoms with Crippen LogP contribution in [0.5, 0.6) is 5.75 Å². The van der Waals surface area contributed by atoms with Gasteiger partial charge in [0.1, 0.15) is 5.75 Å². The van der Waals surface area contributed by atoms with Crippen LogP contribution in [0.1, 0.15) is 66.9 Å². The van der Waals surface area contributed by atoms with Crippen LogP contribution in [-0.2, 0) is 26.6 Å². The van der Waals surface area contributed by atoms with E-state index in [0.717, 1.165) is 32.1 Å². The Balaban J connectivity index is 1.43. The third kappa shape index (κ3) is 6.65. The molecule has 1 N–H and O–H groups in total. The summed E-state index contributed by atoms with van der Waals surface area (Å²) in [6.07, 6.45) is 1.78. The lowest BCUT2D eigenvalue weighted by atomic mass is 9.68. The summed E-state index contributed by atoms with van der Waals surface area (Å²) in [5, 5.41) is -1.17. The Hall–Kier alpha value is -2.76. The van der Waals surface area contributed by atoms with Gasteiger partial charge in [-0.05, 0) is 97.7 Å². The van der Waals surface area contributed by atoms with E-state index in [1.54, 1.807) is 25.3 Å². The van der Waals surface area contributed by atoms with Crippen LogP contribution >= 0.6 is 11.6 Å². The maximum Gasteiger partial charge on any atom is 0.390 e. The first-order valence-corrected chi connectivity index (χ1v) is 17.8. The number of nitrogens with one attached hydrogen (secondary N) is 1. The number of amides is 1. The smallest absolute Gasteiger partial charge is 0.390 e. The van der Waals surface area contributed by atoms with Crippen LogP contribution in [0.4, 0.5) is 18.9 Å². The van der Waals surface area contributed by atoms with Gasteiger partial charge in [0.25, 0.3) is 5.91 Å². The average Bonchev–Trinajstić information content (AvgIpc) is 3.13. The van der Waals surface area contributed by atoms with Crippen molar-refractivity contribution in [3.05, 3.63) is 70.3 Å². The first kappa shape index (κ1) is 33.2.